The van der Waals surface area contributed by atoms with Gasteiger partial charge >= 0.3 is 0 Å². The Hall–Kier alpha value is -3.63. The lowest BCUT2D eigenvalue weighted by molar-refractivity contribution is -0.133. The van der Waals surface area contributed by atoms with E-state index in [-0.39, 0.29) is 11.8 Å². The molecular formula is C29H34N6O3S. The van der Waals surface area contributed by atoms with E-state index in [2.05, 4.69) is 26.1 Å². The monoisotopic (exact) mass is 546 g/mol. The fourth-order valence-corrected chi connectivity index (χ4v) is 5.75. The first-order valence-corrected chi connectivity index (χ1v) is 14.3. The van der Waals surface area contributed by atoms with Gasteiger partial charge in [-0.15, -0.1) is 11.3 Å². The van der Waals surface area contributed by atoms with Gasteiger partial charge in [-0.05, 0) is 30.5 Å². The molecule has 1 aliphatic rings. The number of carbonyl (C=O) groups excluding carboxylic acids is 2. The average molecular weight is 547 g/mol. The molecule has 0 atom stereocenters. The third kappa shape index (κ3) is 7.48. The topological polar surface area (TPSA) is 95.7 Å². The Kier molecular flexibility index (Phi) is 8.95. The van der Waals surface area contributed by atoms with E-state index in [1.54, 1.807) is 16.2 Å². The summed E-state index contributed by atoms with van der Waals surface area (Å²) in [7, 11) is 1.81. The number of hydrogen-bond donors (Lipinski definition) is 0. The van der Waals surface area contributed by atoms with Crippen LogP contribution in [0, 0.1) is 0 Å². The number of nitrogens with zero attached hydrogens (tertiary/aromatic N) is 6. The molecule has 0 unspecified atom stereocenters. The Bertz CT molecular complexity index is 1350. The zero-order chi connectivity index (χ0) is 27.0. The first kappa shape index (κ1) is 27.0. The molecule has 9 nitrogen and oxygen atoms in total. The van der Waals surface area contributed by atoms with Crippen molar-refractivity contribution in [2.45, 2.75) is 45.2 Å². The van der Waals surface area contributed by atoms with Crippen LogP contribution in [-0.4, -0.2) is 74.9 Å². The van der Waals surface area contributed by atoms with Crippen molar-refractivity contribution >= 4 is 33.4 Å². The summed E-state index contributed by atoms with van der Waals surface area (Å²) in [5.41, 5.74) is 2.13. The predicted molar refractivity (Wildman–Crippen MR) is 150 cm³/mol. The Morgan fingerprint density at radius 1 is 0.949 bits per heavy atom. The highest BCUT2D eigenvalue weighted by atomic mass is 32.1. The molecule has 0 bridgehead atoms. The minimum atomic E-state index is 0.0412. The Balaban J connectivity index is 0.991. The number of aryl methyl sites for hydroxylation is 2. The van der Waals surface area contributed by atoms with Gasteiger partial charge in [0, 0.05) is 59.0 Å². The molecule has 5 rings (SSSR count). The van der Waals surface area contributed by atoms with Crippen molar-refractivity contribution in [2.24, 2.45) is 0 Å². The number of rotatable bonds is 11. The summed E-state index contributed by atoms with van der Waals surface area (Å²) in [6.45, 7) is 4.10. The standard InChI is InChI=1S/C29H34N6O3S/c1-33(20-22-8-3-2-4-9-22)28(36)15-14-26-31-25(32-38-26)21-34-16-18-35(19-17-34)29(37)13-7-12-27-30-23-10-5-6-11-24(23)39-27/h2-6,8-11H,7,12-21H2,1H3. The van der Waals surface area contributed by atoms with Crippen LogP contribution in [0.3, 0.4) is 0 Å². The van der Waals surface area contributed by atoms with Crippen LogP contribution < -0.4 is 0 Å². The molecule has 0 aliphatic carbocycles. The molecule has 4 aromatic rings. The fraction of sp³-hybridized carbons (Fsp3) is 0.414. The van der Waals surface area contributed by atoms with E-state index < -0.39 is 0 Å². The molecule has 1 aliphatic heterocycles. The smallest absolute Gasteiger partial charge is 0.227 e. The lowest BCUT2D eigenvalue weighted by atomic mass is 10.2. The summed E-state index contributed by atoms with van der Waals surface area (Å²) in [5.74, 6) is 1.35. The van der Waals surface area contributed by atoms with Crippen LogP contribution in [0.5, 0.6) is 0 Å². The SMILES string of the molecule is CN(Cc1ccccc1)C(=O)CCc1nc(CN2CCN(C(=O)CCCc3nc4ccccc4s3)CC2)no1. The Morgan fingerprint density at radius 2 is 1.72 bits per heavy atom. The van der Waals surface area contributed by atoms with Gasteiger partial charge in [0.1, 0.15) is 0 Å². The number of fused-ring (bicyclic) bond motifs is 1. The van der Waals surface area contributed by atoms with E-state index in [0.29, 0.717) is 57.2 Å². The van der Waals surface area contributed by atoms with Gasteiger partial charge in [0.15, 0.2) is 5.82 Å². The highest BCUT2D eigenvalue weighted by Crippen LogP contribution is 2.23. The second-order valence-corrected chi connectivity index (χ2v) is 11.0. The van der Waals surface area contributed by atoms with Gasteiger partial charge in [-0.1, -0.05) is 47.6 Å². The van der Waals surface area contributed by atoms with Crippen LogP contribution in [0.15, 0.2) is 59.1 Å². The number of piperazine rings is 1. The number of aromatic nitrogens is 3. The van der Waals surface area contributed by atoms with E-state index in [1.165, 1.54) is 4.70 Å². The number of para-hydroxylation sites is 1. The molecule has 204 valence electrons. The maximum Gasteiger partial charge on any atom is 0.227 e. The van der Waals surface area contributed by atoms with E-state index >= 15 is 0 Å². The lowest BCUT2D eigenvalue weighted by Gasteiger charge is -2.34. The highest BCUT2D eigenvalue weighted by Gasteiger charge is 2.22. The van der Waals surface area contributed by atoms with Crippen LogP contribution in [-0.2, 0) is 35.5 Å². The maximum atomic E-state index is 12.7. The molecule has 39 heavy (non-hydrogen) atoms. The van der Waals surface area contributed by atoms with Crippen molar-refractivity contribution in [2.75, 3.05) is 33.2 Å². The van der Waals surface area contributed by atoms with Crippen LogP contribution in [0.2, 0.25) is 0 Å². The van der Waals surface area contributed by atoms with Crippen molar-refractivity contribution in [1.29, 1.82) is 0 Å². The van der Waals surface area contributed by atoms with Crippen molar-refractivity contribution < 1.29 is 14.1 Å². The summed E-state index contributed by atoms with van der Waals surface area (Å²) in [4.78, 5) is 40.3. The van der Waals surface area contributed by atoms with E-state index in [1.807, 2.05) is 60.5 Å². The van der Waals surface area contributed by atoms with E-state index in [4.69, 9.17) is 4.52 Å². The molecule has 2 aromatic carbocycles. The third-order valence-corrected chi connectivity index (χ3v) is 8.06. The van der Waals surface area contributed by atoms with Crippen molar-refractivity contribution in [3.05, 3.63) is 76.9 Å². The second kappa shape index (κ2) is 12.9. The fourth-order valence-electron chi connectivity index (χ4n) is 4.74. The zero-order valence-electron chi connectivity index (χ0n) is 22.3. The molecule has 2 amide bonds. The van der Waals surface area contributed by atoms with Crippen molar-refractivity contribution in [3.8, 4) is 0 Å². The summed E-state index contributed by atoms with van der Waals surface area (Å²) < 4.78 is 6.58. The molecule has 2 aromatic heterocycles. The molecular weight excluding hydrogens is 512 g/mol. The first-order valence-electron chi connectivity index (χ1n) is 13.5. The normalized spacial score (nSPS) is 14.1. The quantitative estimate of drug-likeness (QED) is 0.281. The molecule has 10 heteroatoms. The van der Waals surface area contributed by atoms with Gasteiger partial charge in [0.05, 0.1) is 21.8 Å². The van der Waals surface area contributed by atoms with E-state index in [9.17, 15) is 9.59 Å². The van der Waals surface area contributed by atoms with Crippen molar-refractivity contribution in [1.82, 2.24) is 29.8 Å². The molecule has 1 saturated heterocycles. The Labute approximate surface area is 232 Å². The number of amides is 2. The Morgan fingerprint density at radius 3 is 2.51 bits per heavy atom. The van der Waals surface area contributed by atoms with Crippen LogP contribution in [0.1, 0.15) is 41.5 Å². The molecule has 0 spiro atoms. The number of hydrogen-bond acceptors (Lipinski definition) is 8. The highest BCUT2D eigenvalue weighted by molar-refractivity contribution is 7.18. The van der Waals surface area contributed by atoms with E-state index in [0.717, 1.165) is 42.0 Å². The number of carbonyl (C=O) groups is 2. The van der Waals surface area contributed by atoms with Gasteiger partial charge in [-0.25, -0.2) is 4.98 Å². The number of thiazole rings is 1. The predicted octanol–water partition coefficient (Wildman–Crippen LogP) is 3.94. The van der Waals surface area contributed by atoms with Crippen molar-refractivity contribution in [3.63, 3.8) is 0 Å². The first-order chi connectivity index (χ1) is 19.0. The molecule has 0 radical (unpaired) electrons. The van der Waals surface area contributed by atoms with Gasteiger partial charge < -0.3 is 14.3 Å². The van der Waals surface area contributed by atoms with Crippen LogP contribution >= 0.6 is 11.3 Å². The molecule has 1 fully saturated rings. The van der Waals surface area contributed by atoms with Gasteiger partial charge in [0.25, 0.3) is 0 Å². The summed E-state index contributed by atoms with van der Waals surface area (Å²) >= 11 is 1.71. The second-order valence-electron chi connectivity index (χ2n) is 9.93. The molecule has 0 saturated carbocycles. The van der Waals surface area contributed by atoms with Crippen LogP contribution in [0.4, 0.5) is 0 Å². The average Bonchev–Trinajstić information content (AvgIpc) is 3.59. The zero-order valence-corrected chi connectivity index (χ0v) is 23.1. The molecule has 0 N–H and O–H groups in total. The third-order valence-electron chi connectivity index (χ3n) is 6.96. The minimum absolute atomic E-state index is 0.0412. The van der Waals surface area contributed by atoms with Gasteiger partial charge in [0.2, 0.25) is 17.7 Å². The molecule has 3 heterocycles. The van der Waals surface area contributed by atoms with Gasteiger partial charge in [-0.3, -0.25) is 14.5 Å². The number of benzene rings is 2. The van der Waals surface area contributed by atoms with Crippen LogP contribution in [0.25, 0.3) is 10.2 Å². The van der Waals surface area contributed by atoms with Gasteiger partial charge in [-0.2, -0.15) is 4.98 Å². The largest absolute Gasteiger partial charge is 0.341 e. The summed E-state index contributed by atoms with van der Waals surface area (Å²) in [6.07, 6.45) is 2.94. The minimum Gasteiger partial charge on any atom is -0.341 e. The lowest BCUT2D eigenvalue weighted by Crippen LogP contribution is -2.48. The maximum absolute atomic E-state index is 12.7. The summed E-state index contributed by atoms with van der Waals surface area (Å²) in [6, 6.07) is 18.1. The summed E-state index contributed by atoms with van der Waals surface area (Å²) in [5, 5.41) is 5.20.